The lowest BCUT2D eigenvalue weighted by Crippen LogP contribution is -2.36. The molecule has 0 spiro atoms. The van der Waals surface area contributed by atoms with Gasteiger partial charge in [0.05, 0.1) is 18.8 Å². The number of carbonyl (C=O) groups is 2. The molecule has 0 saturated heterocycles. The van der Waals surface area contributed by atoms with Crippen molar-refractivity contribution in [3.05, 3.63) is 40.6 Å². The Morgan fingerprint density at radius 3 is 2.58 bits per heavy atom. The lowest BCUT2D eigenvalue weighted by Gasteiger charge is -2.23. The Morgan fingerprint density at radius 1 is 1.23 bits per heavy atom. The Balaban J connectivity index is 2.03. The molecule has 0 saturated carbocycles. The molecule has 26 heavy (non-hydrogen) atoms. The number of ether oxygens (including phenoxy) is 1. The third-order valence-electron chi connectivity index (χ3n) is 3.72. The van der Waals surface area contributed by atoms with Crippen LogP contribution in [0.5, 0.6) is 5.75 Å². The van der Waals surface area contributed by atoms with E-state index in [0.29, 0.717) is 23.7 Å². The zero-order valence-corrected chi connectivity index (χ0v) is 16.1. The summed E-state index contributed by atoms with van der Waals surface area (Å²) >= 11 is 1.66. The fourth-order valence-electron chi connectivity index (χ4n) is 2.46. The first-order valence-electron chi connectivity index (χ1n) is 8.11. The van der Waals surface area contributed by atoms with Gasteiger partial charge in [-0.25, -0.2) is 4.79 Å². The maximum Gasteiger partial charge on any atom is 0.319 e. The second-order valence-electron chi connectivity index (χ2n) is 5.93. The minimum atomic E-state index is -0.341. The number of likely N-dealkylation sites (N-methyl/N-ethyl adjacent to an activating group) is 1. The summed E-state index contributed by atoms with van der Waals surface area (Å²) in [4.78, 5) is 26.8. The van der Waals surface area contributed by atoms with Crippen molar-refractivity contribution < 1.29 is 14.3 Å². The number of rotatable bonds is 7. The van der Waals surface area contributed by atoms with Crippen molar-refractivity contribution in [1.29, 1.82) is 0 Å². The summed E-state index contributed by atoms with van der Waals surface area (Å²) in [5, 5.41) is 10.4. The van der Waals surface area contributed by atoms with Crippen LogP contribution in [0.25, 0.3) is 0 Å². The molecule has 140 valence electrons. The first kappa shape index (κ1) is 19.7. The van der Waals surface area contributed by atoms with Crippen molar-refractivity contribution in [2.45, 2.75) is 13.0 Å². The molecule has 1 atom stereocenters. The van der Waals surface area contributed by atoms with Crippen LogP contribution in [0.1, 0.15) is 17.8 Å². The van der Waals surface area contributed by atoms with Crippen LogP contribution in [0.2, 0.25) is 0 Å². The summed E-state index contributed by atoms with van der Waals surface area (Å²) in [6.45, 7) is 1.89. The van der Waals surface area contributed by atoms with E-state index in [4.69, 9.17) is 4.74 Å². The van der Waals surface area contributed by atoms with Crippen molar-refractivity contribution in [3.63, 3.8) is 0 Å². The number of nitrogens with zero attached hydrogens (tertiary/aromatic N) is 1. The van der Waals surface area contributed by atoms with E-state index in [1.165, 1.54) is 18.9 Å². The Kier molecular flexibility index (Phi) is 6.99. The molecule has 0 aliphatic heterocycles. The fourth-order valence-corrected chi connectivity index (χ4v) is 3.38. The van der Waals surface area contributed by atoms with E-state index in [-0.39, 0.29) is 18.0 Å². The zero-order chi connectivity index (χ0) is 19.1. The number of hydrogen-bond acceptors (Lipinski definition) is 5. The predicted molar refractivity (Wildman–Crippen MR) is 105 cm³/mol. The second kappa shape index (κ2) is 9.21. The third kappa shape index (κ3) is 5.47. The Hall–Kier alpha value is -2.58. The molecule has 8 heteroatoms. The van der Waals surface area contributed by atoms with Crippen LogP contribution in [-0.4, -0.2) is 44.6 Å². The molecule has 1 heterocycles. The normalized spacial score (nSPS) is 11.7. The van der Waals surface area contributed by atoms with Crippen molar-refractivity contribution in [1.82, 2.24) is 10.2 Å². The summed E-state index contributed by atoms with van der Waals surface area (Å²) in [5.74, 6) is 0.326. The lowest BCUT2D eigenvalue weighted by molar-refractivity contribution is -0.114. The molecule has 1 aromatic heterocycles. The molecule has 0 fully saturated rings. The van der Waals surface area contributed by atoms with Crippen molar-refractivity contribution in [2.24, 2.45) is 0 Å². The molecule has 0 aliphatic carbocycles. The molecule has 2 rings (SSSR count). The molecule has 0 bridgehead atoms. The van der Waals surface area contributed by atoms with Gasteiger partial charge < -0.3 is 25.6 Å². The van der Waals surface area contributed by atoms with E-state index >= 15 is 0 Å². The average molecular weight is 376 g/mol. The fraction of sp³-hybridized carbons (Fsp3) is 0.333. The molecule has 2 aromatic rings. The average Bonchev–Trinajstić information content (AvgIpc) is 3.08. The summed E-state index contributed by atoms with van der Waals surface area (Å²) in [7, 11) is 5.48. The van der Waals surface area contributed by atoms with Crippen LogP contribution in [0.3, 0.4) is 0 Å². The highest BCUT2D eigenvalue weighted by atomic mass is 32.1. The van der Waals surface area contributed by atoms with Gasteiger partial charge in [-0.15, -0.1) is 11.3 Å². The summed E-state index contributed by atoms with van der Waals surface area (Å²) in [6.07, 6.45) is 0. The number of nitrogens with one attached hydrogen (secondary N) is 3. The van der Waals surface area contributed by atoms with Gasteiger partial charge in [-0.1, -0.05) is 6.07 Å². The monoisotopic (exact) mass is 376 g/mol. The zero-order valence-electron chi connectivity index (χ0n) is 15.3. The number of carbonyl (C=O) groups excluding carboxylic acids is 2. The molecule has 0 aliphatic rings. The van der Waals surface area contributed by atoms with Crippen LogP contribution < -0.4 is 20.7 Å². The molecular formula is C18H24N4O3S. The predicted octanol–water partition coefficient (Wildman–Crippen LogP) is 3.14. The second-order valence-corrected chi connectivity index (χ2v) is 6.91. The van der Waals surface area contributed by atoms with Gasteiger partial charge in [0.1, 0.15) is 5.75 Å². The van der Waals surface area contributed by atoms with Gasteiger partial charge in [-0.05, 0) is 43.7 Å². The summed E-state index contributed by atoms with van der Waals surface area (Å²) in [6, 6.07) is 8.85. The van der Waals surface area contributed by atoms with Gasteiger partial charge >= 0.3 is 6.03 Å². The van der Waals surface area contributed by atoms with Crippen LogP contribution in [-0.2, 0) is 4.79 Å². The molecule has 0 unspecified atom stereocenters. The highest BCUT2D eigenvalue weighted by Gasteiger charge is 2.17. The highest BCUT2D eigenvalue weighted by Crippen LogP contribution is 2.28. The van der Waals surface area contributed by atoms with Crippen LogP contribution >= 0.6 is 11.3 Å². The number of thiophene rings is 1. The molecule has 3 amide bonds. The van der Waals surface area contributed by atoms with Crippen molar-refractivity contribution in [2.75, 3.05) is 38.4 Å². The van der Waals surface area contributed by atoms with Crippen LogP contribution in [0.4, 0.5) is 16.2 Å². The van der Waals surface area contributed by atoms with Crippen molar-refractivity contribution in [3.8, 4) is 5.75 Å². The number of anilines is 2. The van der Waals surface area contributed by atoms with E-state index in [9.17, 15) is 9.59 Å². The standard InChI is InChI=1S/C18H24N4O3S/c1-12(23)20-13-7-8-16(25-4)14(10-13)21-18(24)19-11-15(22(2)3)17-6-5-9-26-17/h5-10,15H,11H2,1-4H3,(H,20,23)(H2,19,21,24)/t15-/m0/s1. The number of hydrogen-bond donors (Lipinski definition) is 3. The molecular weight excluding hydrogens is 352 g/mol. The summed E-state index contributed by atoms with van der Waals surface area (Å²) in [5.41, 5.74) is 1.06. The molecule has 0 radical (unpaired) electrons. The number of urea groups is 1. The van der Waals surface area contributed by atoms with Gasteiger partial charge in [0.2, 0.25) is 5.91 Å². The summed E-state index contributed by atoms with van der Waals surface area (Å²) < 4.78 is 5.27. The van der Waals surface area contributed by atoms with Gasteiger partial charge in [-0.3, -0.25) is 4.79 Å². The minimum Gasteiger partial charge on any atom is -0.495 e. The SMILES string of the molecule is COc1ccc(NC(C)=O)cc1NC(=O)NC[C@@H](c1cccs1)N(C)C. The first-order chi connectivity index (χ1) is 12.4. The highest BCUT2D eigenvalue weighted by molar-refractivity contribution is 7.10. The molecule has 3 N–H and O–H groups in total. The third-order valence-corrected chi connectivity index (χ3v) is 4.69. The number of methoxy groups -OCH3 is 1. The van der Waals surface area contributed by atoms with Crippen LogP contribution in [0.15, 0.2) is 35.7 Å². The smallest absolute Gasteiger partial charge is 0.319 e. The van der Waals surface area contributed by atoms with E-state index < -0.39 is 0 Å². The first-order valence-corrected chi connectivity index (χ1v) is 8.99. The van der Waals surface area contributed by atoms with Crippen LogP contribution in [0, 0.1) is 0 Å². The maximum atomic E-state index is 12.3. The van der Waals surface area contributed by atoms with E-state index in [2.05, 4.69) is 26.9 Å². The number of benzene rings is 1. The Bertz CT molecular complexity index is 747. The van der Waals surface area contributed by atoms with E-state index in [0.717, 1.165) is 0 Å². The Morgan fingerprint density at radius 2 is 2.00 bits per heavy atom. The lowest BCUT2D eigenvalue weighted by atomic mass is 10.2. The Labute approximate surface area is 157 Å². The minimum absolute atomic E-state index is 0.0911. The van der Waals surface area contributed by atoms with Gasteiger partial charge in [0.25, 0.3) is 0 Å². The van der Waals surface area contributed by atoms with Gasteiger partial charge in [0, 0.05) is 24.0 Å². The molecule has 7 nitrogen and oxygen atoms in total. The van der Waals surface area contributed by atoms with Gasteiger partial charge in [0.15, 0.2) is 0 Å². The quantitative estimate of drug-likeness (QED) is 0.693. The maximum absolute atomic E-state index is 12.3. The molecule has 1 aromatic carbocycles. The topological polar surface area (TPSA) is 82.7 Å². The largest absolute Gasteiger partial charge is 0.495 e. The van der Waals surface area contributed by atoms with Gasteiger partial charge in [-0.2, -0.15) is 0 Å². The van der Waals surface area contributed by atoms with Crippen molar-refractivity contribution >= 4 is 34.6 Å². The van der Waals surface area contributed by atoms with E-state index in [1.807, 2.05) is 25.5 Å². The van der Waals surface area contributed by atoms with E-state index in [1.54, 1.807) is 29.5 Å². The number of amides is 3.